The number of nitrogens with one attached hydrogen (secondary N) is 1. The summed E-state index contributed by atoms with van der Waals surface area (Å²) < 4.78 is 3.78. The maximum absolute atomic E-state index is 4.31. The molecule has 17 heavy (non-hydrogen) atoms. The Bertz CT molecular complexity index is 474. The Kier molecular flexibility index (Phi) is 4.57. The molecule has 2 rings (SSSR count). The molecule has 1 N–H and O–H groups in total. The quantitative estimate of drug-likeness (QED) is 0.909. The number of hydrogen-bond donors (Lipinski definition) is 1. The van der Waals surface area contributed by atoms with Gasteiger partial charge in [0.05, 0.1) is 29.8 Å². The van der Waals surface area contributed by atoms with Gasteiger partial charge in [0.25, 0.3) is 0 Å². The molecular formula is C11H18ClN5. The molecule has 2 aromatic rings. The standard InChI is InChI=1S/C11H17N5.ClH/c1-4-16-9(2)11(8-13-16)12-7-10-5-6-15(3)14-10;/h5-6,8,12H,4,7H2,1-3H3;1H. The summed E-state index contributed by atoms with van der Waals surface area (Å²) in [5, 5.41) is 11.9. The molecule has 94 valence electrons. The van der Waals surface area contributed by atoms with Crippen LogP contribution < -0.4 is 5.32 Å². The van der Waals surface area contributed by atoms with Crippen LogP contribution in [0.4, 0.5) is 5.69 Å². The van der Waals surface area contributed by atoms with Crippen molar-refractivity contribution in [3.05, 3.63) is 29.8 Å². The van der Waals surface area contributed by atoms with Crippen LogP contribution in [0.3, 0.4) is 0 Å². The van der Waals surface area contributed by atoms with E-state index in [0.717, 1.165) is 24.5 Å². The van der Waals surface area contributed by atoms with Gasteiger partial charge in [-0.25, -0.2) is 0 Å². The lowest BCUT2D eigenvalue weighted by molar-refractivity contribution is 0.640. The molecule has 0 aliphatic carbocycles. The van der Waals surface area contributed by atoms with Gasteiger partial charge in [-0.15, -0.1) is 12.4 Å². The van der Waals surface area contributed by atoms with E-state index in [1.165, 1.54) is 5.69 Å². The van der Waals surface area contributed by atoms with Gasteiger partial charge in [0, 0.05) is 19.8 Å². The smallest absolute Gasteiger partial charge is 0.0815 e. The molecule has 0 spiro atoms. The molecule has 0 aromatic carbocycles. The summed E-state index contributed by atoms with van der Waals surface area (Å²) in [4.78, 5) is 0. The molecule has 2 aromatic heterocycles. The number of halogens is 1. The van der Waals surface area contributed by atoms with Crippen LogP contribution in [0.5, 0.6) is 0 Å². The fourth-order valence-corrected chi connectivity index (χ4v) is 1.68. The summed E-state index contributed by atoms with van der Waals surface area (Å²) in [7, 11) is 1.92. The number of hydrogen-bond acceptors (Lipinski definition) is 3. The third-order valence-electron chi connectivity index (χ3n) is 2.63. The first kappa shape index (κ1) is 13.6. The van der Waals surface area contributed by atoms with E-state index in [1.807, 2.05) is 30.2 Å². The van der Waals surface area contributed by atoms with Gasteiger partial charge in [-0.05, 0) is 19.9 Å². The second-order valence-corrected chi connectivity index (χ2v) is 3.79. The molecule has 0 saturated heterocycles. The molecule has 6 heteroatoms. The fraction of sp³-hybridized carbons (Fsp3) is 0.455. The summed E-state index contributed by atoms with van der Waals surface area (Å²) in [6.07, 6.45) is 3.81. The van der Waals surface area contributed by atoms with E-state index < -0.39 is 0 Å². The Balaban J connectivity index is 0.00000144. The molecule has 0 unspecified atom stereocenters. The van der Waals surface area contributed by atoms with Crippen molar-refractivity contribution in [3.63, 3.8) is 0 Å². The van der Waals surface area contributed by atoms with E-state index in [0.29, 0.717) is 0 Å². The van der Waals surface area contributed by atoms with Crippen molar-refractivity contribution in [2.75, 3.05) is 5.32 Å². The summed E-state index contributed by atoms with van der Waals surface area (Å²) >= 11 is 0. The number of rotatable bonds is 4. The summed E-state index contributed by atoms with van der Waals surface area (Å²) in [5.41, 5.74) is 3.28. The van der Waals surface area contributed by atoms with E-state index in [4.69, 9.17) is 0 Å². The van der Waals surface area contributed by atoms with Gasteiger partial charge >= 0.3 is 0 Å². The molecule has 0 aliphatic heterocycles. The van der Waals surface area contributed by atoms with Gasteiger partial charge in [0.15, 0.2) is 0 Å². The molecule has 0 atom stereocenters. The van der Waals surface area contributed by atoms with Crippen LogP contribution in [0, 0.1) is 6.92 Å². The Morgan fingerprint density at radius 2 is 2.18 bits per heavy atom. The maximum Gasteiger partial charge on any atom is 0.0815 e. The molecule has 0 fully saturated rings. The van der Waals surface area contributed by atoms with Crippen molar-refractivity contribution in [3.8, 4) is 0 Å². The van der Waals surface area contributed by atoms with Gasteiger partial charge < -0.3 is 5.32 Å². The summed E-state index contributed by atoms with van der Waals surface area (Å²) in [6.45, 7) is 5.79. The molecular weight excluding hydrogens is 238 g/mol. The topological polar surface area (TPSA) is 47.7 Å². The molecule has 5 nitrogen and oxygen atoms in total. The minimum absolute atomic E-state index is 0. The van der Waals surface area contributed by atoms with Crippen molar-refractivity contribution in [2.24, 2.45) is 7.05 Å². The molecule has 0 saturated carbocycles. The third-order valence-corrected chi connectivity index (χ3v) is 2.63. The van der Waals surface area contributed by atoms with Gasteiger partial charge in [0.2, 0.25) is 0 Å². The first-order valence-electron chi connectivity index (χ1n) is 5.45. The van der Waals surface area contributed by atoms with Crippen LogP contribution in [-0.2, 0) is 20.1 Å². The number of aromatic nitrogens is 4. The van der Waals surface area contributed by atoms with E-state index in [-0.39, 0.29) is 12.4 Å². The Morgan fingerprint density at radius 3 is 2.71 bits per heavy atom. The van der Waals surface area contributed by atoms with E-state index in [9.17, 15) is 0 Å². The van der Waals surface area contributed by atoms with Gasteiger partial charge in [-0.3, -0.25) is 9.36 Å². The number of anilines is 1. The van der Waals surface area contributed by atoms with Crippen LogP contribution in [0.25, 0.3) is 0 Å². The normalized spacial score (nSPS) is 10.1. The van der Waals surface area contributed by atoms with E-state index >= 15 is 0 Å². The molecule has 0 radical (unpaired) electrons. The summed E-state index contributed by atoms with van der Waals surface area (Å²) in [5.74, 6) is 0. The number of nitrogens with zero attached hydrogens (tertiary/aromatic N) is 4. The second-order valence-electron chi connectivity index (χ2n) is 3.79. The van der Waals surface area contributed by atoms with Crippen LogP contribution in [-0.4, -0.2) is 19.6 Å². The highest BCUT2D eigenvalue weighted by atomic mass is 35.5. The molecule has 0 amide bonds. The van der Waals surface area contributed by atoms with Gasteiger partial charge in [-0.2, -0.15) is 10.2 Å². The fourth-order valence-electron chi connectivity index (χ4n) is 1.68. The predicted octanol–water partition coefficient (Wildman–Crippen LogP) is 1.98. The van der Waals surface area contributed by atoms with Crippen LogP contribution in [0.15, 0.2) is 18.5 Å². The summed E-state index contributed by atoms with van der Waals surface area (Å²) in [6, 6.07) is 2.01. The highest BCUT2D eigenvalue weighted by Gasteiger charge is 2.04. The van der Waals surface area contributed by atoms with Crippen molar-refractivity contribution >= 4 is 18.1 Å². The lowest BCUT2D eigenvalue weighted by atomic mass is 10.3. The average Bonchev–Trinajstić information content (AvgIpc) is 2.83. The van der Waals surface area contributed by atoms with Gasteiger partial charge in [0.1, 0.15) is 0 Å². The minimum atomic E-state index is 0. The number of aryl methyl sites for hydroxylation is 2. The largest absolute Gasteiger partial charge is 0.377 e. The van der Waals surface area contributed by atoms with Crippen LogP contribution >= 0.6 is 12.4 Å². The first-order chi connectivity index (χ1) is 7.70. The Hall–Kier alpha value is -1.49. The maximum atomic E-state index is 4.31. The second kappa shape index (κ2) is 5.72. The van der Waals surface area contributed by atoms with Crippen molar-refractivity contribution in [1.82, 2.24) is 19.6 Å². The molecule has 2 heterocycles. The first-order valence-corrected chi connectivity index (χ1v) is 5.45. The molecule has 0 bridgehead atoms. The zero-order valence-corrected chi connectivity index (χ0v) is 11.2. The highest BCUT2D eigenvalue weighted by Crippen LogP contribution is 2.14. The minimum Gasteiger partial charge on any atom is -0.377 e. The zero-order chi connectivity index (χ0) is 11.5. The highest BCUT2D eigenvalue weighted by molar-refractivity contribution is 5.85. The third kappa shape index (κ3) is 3.00. The zero-order valence-electron chi connectivity index (χ0n) is 10.3. The van der Waals surface area contributed by atoms with Crippen LogP contribution in [0.2, 0.25) is 0 Å². The lowest BCUT2D eigenvalue weighted by Gasteiger charge is -2.04. The van der Waals surface area contributed by atoms with E-state index in [2.05, 4.69) is 29.4 Å². The Labute approximate surface area is 107 Å². The van der Waals surface area contributed by atoms with Crippen molar-refractivity contribution < 1.29 is 0 Å². The average molecular weight is 256 g/mol. The monoisotopic (exact) mass is 255 g/mol. The predicted molar refractivity (Wildman–Crippen MR) is 70.4 cm³/mol. The van der Waals surface area contributed by atoms with Gasteiger partial charge in [-0.1, -0.05) is 0 Å². The lowest BCUT2D eigenvalue weighted by Crippen LogP contribution is -2.03. The van der Waals surface area contributed by atoms with Crippen LogP contribution in [0.1, 0.15) is 18.3 Å². The SMILES string of the molecule is CCn1ncc(NCc2ccn(C)n2)c1C.Cl. The van der Waals surface area contributed by atoms with Crippen molar-refractivity contribution in [2.45, 2.75) is 26.9 Å². The Morgan fingerprint density at radius 1 is 1.41 bits per heavy atom. The van der Waals surface area contributed by atoms with Crippen molar-refractivity contribution in [1.29, 1.82) is 0 Å². The molecule has 0 aliphatic rings. The van der Waals surface area contributed by atoms with E-state index in [1.54, 1.807) is 4.68 Å².